The van der Waals surface area contributed by atoms with Gasteiger partial charge in [-0.25, -0.2) is 0 Å². The van der Waals surface area contributed by atoms with Gasteiger partial charge in [0.2, 0.25) is 11.7 Å². The van der Waals surface area contributed by atoms with Crippen LogP contribution in [-0.2, 0) is 14.4 Å². The molecule has 6 atom stereocenters. The van der Waals surface area contributed by atoms with Crippen LogP contribution in [0, 0.1) is 23.7 Å². The maximum Gasteiger partial charge on any atom is 0.239 e. The van der Waals surface area contributed by atoms with Crippen molar-refractivity contribution in [2.75, 3.05) is 39.7 Å². The third kappa shape index (κ3) is 7.89. The summed E-state index contributed by atoms with van der Waals surface area (Å²) in [5, 5.41) is 24.3. The van der Waals surface area contributed by atoms with Gasteiger partial charge in [-0.05, 0) is 112 Å². The number of ether oxygens (including phenoxy) is 3. The number of oxime groups is 1. The lowest BCUT2D eigenvalue weighted by Crippen LogP contribution is -2.69. The van der Waals surface area contributed by atoms with Crippen molar-refractivity contribution >= 4 is 23.4 Å². The molecule has 2 fully saturated rings. The molecule has 276 valence electrons. The Morgan fingerprint density at radius 1 is 1.08 bits per heavy atom. The lowest BCUT2D eigenvalue weighted by atomic mass is 9.55. The third-order valence-corrected chi connectivity index (χ3v) is 11.7. The van der Waals surface area contributed by atoms with Gasteiger partial charge >= 0.3 is 0 Å². The Bertz CT molecular complexity index is 1570. The van der Waals surface area contributed by atoms with E-state index in [0.29, 0.717) is 25.2 Å². The number of nitrogens with zero attached hydrogens (tertiary/aromatic N) is 2. The summed E-state index contributed by atoms with van der Waals surface area (Å²) in [6.07, 6.45) is 13.3. The second-order valence-corrected chi connectivity index (χ2v) is 15.1. The molecule has 10 heteroatoms. The standard InChI is InChI=1S/C41H54N2O7S/c1-5-23-47-41-37(43(3)40(46)27-13-14-27)26-35(42-48-6-2)33-24-28(11-7-9-21-44)32(12-8-10-22-45)38(39(33)41)34-25-30(17-20-36(34)50-41)49-29-15-18-31(51-4)19-16-29/h5,15-20,24-25,27-28,32,37-39,44-45H,1,6-14,21-23,26H2,2-4H3. The summed E-state index contributed by atoms with van der Waals surface area (Å²) in [5.41, 5.74) is 2.90. The number of likely N-dealkylation sites (N-methyl/N-ethyl adjacent to an activating group) is 1. The van der Waals surface area contributed by atoms with Crippen LogP contribution < -0.4 is 9.47 Å². The molecule has 51 heavy (non-hydrogen) atoms. The molecule has 0 bridgehead atoms. The van der Waals surface area contributed by atoms with Crippen molar-refractivity contribution < 1.29 is 34.1 Å². The second-order valence-electron chi connectivity index (χ2n) is 14.2. The fourth-order valence-corrected chi connectivity index (χ4v) is 8.89. The van der Waals surface area contributed by atoms with Crippen LogP contribution >= 0.6 is 11.8 Å². The summed E-state index contributed by atoms with van der Waals surface area (Å²) in [4.78, 5) is 22.6. The van der Waals surface area contributed by atoms with Crippen molar-refractivity contribution in [3.63, 3.8) is 0 Å². The molecule has 3 aliphatic carbocycles. The number of unbranched alkanes of at least 4 members (excludes halogenated alkanes) is 2. The third-order valence-electron chi connectivity index (χ3n) is 11.0. The van der Waals surface area contributed by atoms with E-state index in [1.807, 2.05) is 43.1 Å². The smallest absolute Gasteiger partial charge is 0.239 e. The highest BCUT2D eigenvalue weighted by Gasteiger charge is 2.65. The van der Waals surface area contributed by atoms with E-state index >= 15 is 0 Å². The fraction of sp³-hybridized carbons (Fsp3) is 0.561. The Kier molecular flexibility index (Phi) is 12.5. The molecule has 2 aromatic rings. The normalized spacial score (nSPS) is 27.1. The van der Waals surface area contributed by atoms with Crippen LogP contribution in [0.5, 0.6) is 17.2 Å². The van der Waals surface area contributed by atoms with E-state index in [0.717, 1.165) is 78.2 Å². The Morgan fingerprint density at radius 2 is 1.80 bits per heavy atom. The van der Waals surface area contributed by atoms with Crippen LogP contribution in [0.1, 0.15) is 76.2 Å². The number of hydrogen-bond donors (Lipinski definition) is 2. The van der Waals surface area contributed by atoms with Gasteiger partial charge in [0.1, 0.15) is 29.9 Å². The highest BCUT2D eigenvalue weighted by molar-refractivity contribution is 7.98. The summed E-state index contributed by atoms with van der Waals surface area (Å²) in [5.74, 6) is 1.01. The van der Waals surface area contributed by atoms with Gasteiger partial charge in [-0.3, -0.25) is 4.79 Å². The van der Waals surface area contributed by atoms with E-state index in [4.69, 9.17) is 24.2 Å². The average molecular weight is 719 g/mol. The van der Waals surface area contributed by atoms with Crippen molar-refractivity contribution in [1.82, 2.24) is 4.90 Å². The second kappa shape index (κ2) is 17.0. The Morgan fingerprint density at radius 3 is 2.47 bits per heavy atom. The van der Waals surface area contributed by atoms with Crippen molar-refractivity contribution in [2.24, 2.45) is 28.8 Å². The molecule has 0 radical (unpaired) electrons. The Hall–Kier alpha value is -3.31. The summed E-state index contributed by atoms with van der Waals surface area (Å²) in [6.45, 7) is 6.87. The number of hydrogen-bond acceptors (Lipinski definition) is 9. The number of carbonyl (C=O) groups excluding carboxylic acids is 1. The van der Waals surface area contributed by atoms with Gasteiger partial charge < -0.3 is 34.2 Å². The summed E-state index contributed by atoms with van der Waals surface area (Å²) < 4.78 is 20.6. The first kappa shape index (κ1) is 37.4. The molecule has 4 aliphatic rings. The van der Waals surface area contributed by atoms with E-state index in [1.165, 1.54) is 0 Å². The highest BCUT2D eigenvalue weighted by Crippen LogP contribution is 2.62. The number of fused-ring (bicyclic) bond motifs is 2. The first-order valence-electron chi connectivity index (χ1n) is 18.7. The zero-order valence-corrected chi connectivity index (χ0v) is 31.1. The Labute approximate surface area is 307 Å². The summed E-state index contributed by atoms with van der Waals surface area (Å²) >= 11 is 1.69. The number of benzene rings is 2. The molecule has 0 aromatic heterocycles. The van der Waals surface area contributed by atoms with Crippen molar-refractivity contribution in [3.8, 4) is 17.2 Å². The summed E-state index contributed by atoms with van der Waals surface area (Å²) in [6, 6.07) is 13.7. The number of thioether (sulfide) groups is 1. The maximum atomic E-state index is 13.9. The molecule has 6 unspecified atom stereocenters. The van der Waals surface area contributed by atoms with Crippen LogP contribution in [0.2, 0.25) is 0 Å². The largest absolute Gasteiger partial charge is 0.459 e. The van der Waals surface area contributed by atoms with Gasteiger partial charge in [-0.1, -0.05) is 30.1 Å². The molecular formula is C41H54N2O7S. The monoisotopic (exact) mass is 718 g/mol. The quantitative estimate of drug-likeness (QED) is 0.0698. The van der Waals surface area contributed by atoms with Crippen LogP contribution in [0.4, 0.5) is 0 Å². The molecule has 6 rings (SSSR count). The zero-order chi connectivity index (χ0) is 36.0. The van der Waals surface area contributed by atoms with E-state index in [2.05, 4.69) is 37.1 Å². The minimum atomic E-state index is -1.22. The molecule has 9 nitrogen and oxygen atoms in total. The minimum Gasteiger partial charge on any atom is -0.459 e. The number of aliphatic hydroxyl groups is 2. The molecule has 2 saturated carbocycles. The highest BCUT2D eigenvalue weighted by atomic mass is 32.2. The number of rotatable bonds is 18. The van der Waals surface area contributed by atoms with Crippen LogP contribution in [0.25, 0.3) is 0 Å². The molecule has 0 spiro atoms. The fourth-order valence-electron chi connectivity index (χ4n) is 8.49. The first-order chi connectivity index (χ1) is 24.9. The summed E-state index contributed by atoms with van der Waals surface area (Å²) in [7, 11) is 1.88. The molecular weight excluding hydrogens is 665 g/mol. The van der Waals surface area contributed by atoms with Gasteiger partial charge in [0.25, 0.3) is 0 Å². The molecule has 2 aromatic carbocycles. The molecule has 2 N–H and O–H groups in total. The van der Waals surface area contributed by atoms with Gasteiger partial charge in [-0.2, -0.15) is 0 Å². The van der Waals surface area contributed by atoms with Crippen molar-refractivity contribution in [3.05, 3.63) is 72.3 Å². The maximum absolute atomic E-state index is 13.9. The first-order valence-corrected chi connectivity index (χ1v) is 19.9. The van der Waals surface area contributed by atoms with E-state index in [-0.39, 0.29) is 55.3 Å². The zero-order valence-electron chi connectivity index (χ0n) is 30.3. The molecule has 1 aliphatic heterocycles. The van der Waals surface area contributed by atoms with Gasteiger partial charge in [0.05, 0.1) is 18.2 Å². The number of carbonyl (C=O) groups is 1. The van der Waals surface area contributed by atoms with Crippen LogP contribution in [0.3, 0.4) is 0 Å². The topological polar surface area (TPSA) is 110 Å². The predicted octanol–water partition coefficient (Wildman–Crippen LogP) is 7.72. The van der Waals surface area contributed by atoms with E-state index in [1.54, 1.807) is 17.8 Å². The van der Waals surface area contributed by atoms with Gasteiger partial charge in [0.15, 0.2) is 0 Å². The van der Waals surface area contributed by atoms with E-state index in [9.17, 15) is 15.0 Å². The average Bonchev–Trinajstić information content (AvgIpc) is 4.00. The van der Waals surface area contributed by atoms with Crippen LogP contribution in [0.15, 0.2) is 76.8 Å². The molecule has 1 amide bonds. The SMILES string of the molecule is C=CCOC12Oc3ccc(Oc4ccc(SC)cc4)cc3C3C(CCCCO)C(CCCCO)C=C(C(=NOCC)CC1N(C)C(=O)C1CC1)C32. The number of amides is 1. The molecule has 1 heterocycles. The lowest BCUT2D eigenvalue weighted by molar-refractivity contribution is -0.255. The van der Waals surface area contributed by atoms with Crippen molar-refractivity contribution in [2.45, 2.75) is 87.4 Å². The van der Waals surface area contributed by atoms with Crippen molar-refractivity contribution in [1.29, 1.82) is 0 Å². The van der Waals surface area contributed by atoms with E-state index < -0.39 is 11.8 Å². The Balaban J connectivity index is 1.54. The number of aliphatic hydroxyl groups excluding tert-OH is 2. The lowest BCUT2D eigenvalue weighted by Gasteiger charge is -2.59. The molecule has 0 saturated heterocycles. The van der Waals surface area contributed by atoms with Gasteiger partial charge in [-0.15, -0.1) is 18.3 Å². The number of allylic oxidation sites excluding steroid dienone is 1. The van der Waals surface area contributed by atoms with Gasteiger partial charge in [0, 0.05) is 49.0 Å². The predicted molar refractivity (Wildman–Crippen MR) is 200 cm³/mol. The minimum absolute atomic E-state index is 0.0144. The van der Waals surface area contributed by atoms with Crippen LogP contribution in [-0.4, -0.2) is 78.3 Å².